The van der Waals surface area contributed by atoms with E-state index in [-0.39, 0.29) is 11.9 Å². The van der Waals surface area contributed by atoms with E-state index in [4.69, 9.17) is 16.6 Å². The van der Waals surface area contributed by atoms with Crippen LogP contribution in [0.2, 0.25) is 5.02 Å². The first kappa shape index (κ1) is 20.2. The lowest BCUT2D eigenvalue weighted by Crippen LogP contribution is -2.35. The highest BCUT2D eigenvalue weighted by Crippen LogP contribution is 2.33. The van der Waals surface area contributed by atoms with E-state index in [1.165, 1.54) is 11.8 Å². The zero-order valence-corrected chi connectivity index (χ0v) is 17.3. The molecule has 0 fully saturated rings. The third-order valence-electron chi connectivity index (χ3n) is 4.31. The van der Waals surface area contributed by atoms with Crippen LogP contribution in [0.15, 0.2) is 76.9 Å². The number of aliphatic imine (C=N–C) groups is 1. The van der Waals surface area contributed by atoms with Crippen molar-refractivity contribution in [1.29, 1.82) is 0 Å². The van der Waals surface area contributed by atoms with Gasteiger partial charge in [-0.05, 0) is 36.4 Å². The molecule has 6 heteroatoms. The van der Waals surface area contributed by atoms with Gasteiger partial charge in [0.25, 0.3) is 5.91 Å². The third-order valence-corrected chi connectivity index (χ3v) is 5.14. The van der Waals surface area contributed by atoms with Crippen LogP contribution in [0.25, 0.3) is 6.08 Å². The predicted molar refractivity (Wildman–Crippen MR) is 119 cm³/mol. The number of nitrogens with one attached hydrogen (secondary N) is 2. The number of carbonyl (C=O) groups is 1. The molecular weight excluding hydrogens is 390 g/mol. The Balaban J connectivity index is 1.77. The number of allylic oxidation sites excluding steroid dienone is 1. The molecule has 144 valence electrons. The first-order valence-electron chi connectivity index (χ1n) is 8.93. The minimum absolute atomic E-state index is 0.142. The summed E-state index contributed by atoms with van der Waals surface area (Å²) in [5.41, 5.74) is 3.39. The Hall–Kier alpha value is -2.50. The zero-order chi connectivity index (χ0) is 19.9. The fraction of sp³-hybridized carbons (Fsp3) is 0.182. The first-order valence-corrected chi connectivity index (χ1v) is 10.5. The van der Waals surface area contributed by atoms with Crippen LogP contribution in [0.1, 0.15) is 24.1 Å². The van der Waals surface area contributed by atoms with Crippen molar-refractivity contribution in [1.82, 2.24) is 10.6 Å². The van der Waals surface area contributed by atoms with Gasteiger partial charge in [-0.1, -0.05) is 78.0 Å². The molecule has 4 nitrogen and oxygen atoms in total. The van der Waals surface area contributed by atoms with Gasteiger partial charge in [-0.3, -0.25) is 4.79 Å². The van der Waals surface area contributed by atoms with E-state index in [0.29, 0.717) is 17.1 Å². The van der Waals surface area contributed by atoms with Crippen LogP contribution in [-0.4, -0.2) is 23.9 Å². The first-order chi connectivity index (χ1) is 13.6. The van der Waals surface area contributed by atoms with E-state index in [1.54, 1.807) is 0 Å². The lowest BCUT2D eigenvalue weighted by molar-refractivity contribution is -0.117. The van der Waals surface area contributed by atoms with Gasteiger partial charge in [0, 0.05) is 17.3 Å². The topological polar surface area (TPSA) is 53.5 Å². The molecule has 0 saturated carbocycles. The van der Waals surface area contributed by atoms with Crippen molar-refractivity contribution < 1.29 is 4.79 Å². The van der Waals surface area contributed by atoms with Crippen LogP contribution >= 0.6 is 23.4 Å². The molecule has 0 spiro atoms. The maximum Gasteiger partial charge on any atom is 0.251 e. The van der Waals surface area contributed by atoms with Crippen LogP contribution in [0, 0.1) is 0 Å². The summed E-state index contributed by atoms with van der Waals surface area (Å²) >= 11 is 7.68. The second kappa shape index (κ2) is 9.62. The van der Waals surface area contributed by atoms with Crippen molar-refractivity contribution >= 4 is 40.5 Å². The largest absolute Gasteiger partial charge is 0.349 e. The van der Waals surface area contributed by atoms with E-state index in [1.807, 2.05) is 79.9 Å². The Morgan fingerprint density at radius 1 is 1.25 bits per heavy atom. The molecule has 0 saturated heterocycles. The average molecular weight is 412 g/mol. The number of benzene rings is 2. The Labute approximate surface area is 174 Å². The van der Waals surface area contributed by atoms with Gasteiger partial charge in [-0.15, -0.1) is 0 Å². The highest BCUT2D eigenvalue weighted by molar-refractivity contribution is 8.13. The number of amidine groups is 1. The highest BCUT2D eigenvalue weighted by Gasteiger charge is 2.28. The lowest BCUT2D eigenvalue weighted by Gasteiger charge is -2.26. The Morgan fingerprint density at radius 3 is 2.75 bits per heavy atom. The fourth-order valence-corrected chi connectivity index (χ4v) is 3.63. The summed E-state index contributed by atoms with van der Waals surface area (Å²) < 4.78 is 0. The maximum absolute atomic E-state index is 12.9. The Morgan fingerprint density at radius 2 is 2.04 bits per heavy atom. The zero-order valence-electron chi connectivity index (χ0n) is 15.8. The minimum Gasteiger partial charge on any atom is -0.349 e. The van der Waals surface area contributed by atoms with Gasteiger partial charge in [0.2, 0.25) is 0 Å². The molecule has 2 aromatic carbocycles. The SMILES string of the molecule is CSC1=NC(c2cccc(Cl)c2)C(C(=O)NC/C=C/c2ccccc2)=C(C)N1. The molecule has 1 heterocycles. The highest BCUT2D eigenvalue weighted by atomic mass is 35.5. The third kappa shape index (κ3) is 5.06. The van der Waals surface area contributed by atoms with Gasteiger partial charge in [0.05, 0.1) is 5.57 Å². The molecule has 28 heavy (non-hydrogen) atoms. The fourth-order valence-electron chi connectivity index (χ4n) is 2.97. The number of hydrogen-bond donors (Lipinski definition) is 2. The molecular formula is C22H22ClN3OS. The number of hydrogen-bond acceptors (Lipinski definition) is 4. The van der Waals surface area contributed by atoms with Crippen molar-refractivity contribution in [2.45, 2.75) is 13.0 Å². The van der Waals surface area contributed by atoms with Crippen molar-refractivity contribution in [3.05, 3.63) is 88.1 Å². The molecule has 3 rings (SSSR count). The van der Waals surface area contributed by atoms with Crippen LogP contribution in [-0.2, 0) is 4.79 Å². The van der Waals surface area contributed by atoms with Crippen LogP contribution < -0.4 is 10.6 Å². The van der Waals surface area contributed by atoms with Crippen LogP contribution in [0.4, 0.5) is 0 Å². The second-order valence-electron chi connectivity index (χ2n) is 6.28. The monoisotopic (exact) mass is 411 g/mol. The summed E-state index contributed by atoms with van der Waals surface area (Å²) in [6, 6.07) is 17.1. The molecule has 1 aliphatic rings. The van der Waals surface area contributed by atoms with Crippen molar-refractivity contribution in [2.24, 2.45) is 4.99 Å². The van der Waals surface area contributed by atoms with E-state index in [9.17, 15) is 4.79 Å². The second-order valence-corrected chi connectivity index (χ2v) is 7.51. The summed E-state index contributed by atoms with van der Waals surface area (Å²) in [7, 11) is 0. The Kier molecular flexibility index (Phi) is 6.95. The number of rotatable bonds is 5. The number of thioether (sulfide) groups is 1. The van der Waals surface area contributed by atoms with Crippen molar-refractivity contribution in [2.75, 3.05) is 12.8 Å². The molecule has 1 aliphatic heterocycles. The van der Waals surface area contributed by atoms with E-state index >= 15 is 0 Å². The molecule has 0 radical (unpaired) electrons. The Bertz CT molecular complexity index is 938. The molecule has 1 atom stereocenters. The van der Waals surface area contributed by atoms with Gasteiger partial charge in [-0.2, -0.15) is 0 Å². The number of nitrogens with zero attached hydrogens (tertiary/aromatic N) is 1. The number of carbonyl (C=O) groups excluding carboxylic acids is 1. The van der Waals surface area contributed by atoms with Gasteiger partial charge < -0.3 is 10.6 Å². The maximum atomic E-state index is 12.9. The van der Waals surface area contributed by atoms with Crippen molar-refractivity contribution in [3.8, 4) is 0 Å². The van der Waals surface area contributed by atoms with Crippen molar-refractivity contribution in [3.63, 3.8) is 0 Å². The number of amides is 1. The predicted octanol–water partition coefficient (Wildman–Crippen LogP) is 4.81. The van der Waals surface area contributed by atoms with Crippen LogP contribution in [0.5, 0.6) is 0 Å². The average Bonchev–Trinajstić information content (AvgIpc) is 2.71. The van der Waals surface area contributed by atoms with E-state index < -0.39 is 0 Å². The summed E-state index contributed by atoms with van der Waals surface area (Å²) in [4.78, 5) is 17.6. The normalized spacial score (nSPS) is 16.7. The quantitative estimate of drug-likeness (QED) is 0.742. The van der Waals surface area contributed by atoms with Gasteiger partial charge in [0.15, 0.2) is 5.17 Å². The molecule has 1 amide bonds. The van der Waals surface area contributed by atoms with E-state index in [0.717, 1.165) is 22.0 Å². The minimum atomic E-state index is -0.388. The molecule has 2 N–H and O–H groups in total. The van der Waals surface area contributed by atoms with E-state index in [2.05, 4.69) is 10.6 Å². The summed E-state index contributed by atoms with van der Waals surface area (Å²) in [5.74, 6) is -0.142. The molecule has 0 aromatic heterocycles. The van der Waals surface area contributed by atoms with Gasteiger partial charge in [0.1, 0.15) is 6.04 Å². The van der Waals surface area contributed by atoms with Gasteiger partial charge >= 0.3 is 0 Å². The summed E-state index contributed by atoms with van der Waals surface area (Å²) in [5, 5.41) is 7.58. The molecule has 0 aliphatic carbocycles. The molecule has 1 unspecified atom stereocenters. The summed E-state index contributed by atoms with van der Waals surface area (Å²) in [6.07, 6.45) is 5.87. The lowest BCUT2D eigenvalue weighted by atomic mass is 9.96. The van der Waals surface area contributed by atoms with Crippen LogP contribution in [0.3, 0.4) is 0 Å². The molecule has 0 bridgehead atoms. The smallest absolute Gasteiger partial charge is 0.251 e. The standard InChI is InChI=1S/C22H22ClN3OS/c1-15-19(21(27)24-13-7-10-16-8-4-3-5-9-16)20(26-22(25-15)28-2)17-11-6-12-18(23)14-17/h3-12,14,20H,13H2,1-2H3,(H,24,27)(H,25,26)/b10-7+. The van der Waals surface area contributed by atoms with Gasteiger partial charge in [-0.25, -0.2) is 4.99 Å². The number of halogens is 1. The molecule has 2 aromatic rings. The summed E-state index contributed by atoms with van der Waals surface area (Å²) in [6.45, 7) is 2.34.